The summed E-state index contributed by atoms with van der Waals surface area (Å²) < 4.78 is 20.6. The molecule has 1 heterocycles. The average Bonchev–Trinajstić information content (AvgIpc) is 3.12. The zero-order valence-electron chi connectivity index (χ0n) is 14.9. The van der Waals surface area contributed by atoms with Gasteiger partial charge in [0.1, 0.15) is 17.8 Å². The molecule has 148 valence electrons. The van der Waals surface area contributed by atoms with Crippen molar-refractivity contribution in [1.82, 2.24) is 4.90 Å². The molecule has 0 aromatic heterocycles. The minimum atomic E-state index is -0.865. The number of benzene rings is 2. The third-order valence-electron chi connectivity index (χ3n) is 3.94. The average molecular weight is 454 g/mol. The Morgan fingerprint density at radius 1 is 1.34 bits per heavy atom. The Labute approximate surface area is 180 Å². The fourth-order valence-corrected chi connectivity index (χ4v) is 3.17. The van der Waals surface area contributed by atoms with Gasteiger partial charge in [0.15, 0.2) is 17.1 Å². The van der Waals surface area contributed by atoms with Gasteiger partial charge in [0.05, 0.1) is 16.7 Å². The van der Waals surface area contributed by atoms with E-state index in [2.05, 4.69) is 9.98 Å². The maximum Gasteiger partial charge on any atom is 0.271 e. The van der Waals surface area contributed by atoms with E-state index in [0.717, 1.165) is 0 Å². The van der Waals surface area contributed by atoms with Crippen LogP contribution in [0.2, 0.25) is 10.0 Å². The van der Waals surface area contributed by atoms with Gasteiger partial charge in [-0.05, 0) is 24.3 Å². The Bertz CT molecular complexity index is 1080. The third-order valence-corrected chi connectivity index (χ3v) is 4.78. The normalized spacial score (nSPS) is 15.0. The quantitative estimate of drug-likeness (QED) is 0.482. The Hall–Kier alpha value is -2.66. The van der Waals surface area contributed by atoms with Crippen LogP contribution in [0.15, 0.2) is 40.3 Å². The summed E-state index contributed by atoms with van der Waals surface area (Å²) in [5.41, 5.74) is -0.395. The van der Waals surface area contributed by atoms with Crippen molar-refractivity contribution in [2.45, 2.75) is 12.0 Å². The standard InChI is InChI=1S/C19H12Cl3FN4O2/c1-27(19(28)16-18(22)26-9-25-16)8-11-2-3-14(21)17(15(11)23)29-13-5-10(7-24)4-12(20)6-13/h2-6,9,18H,8H2,1H3. The molecule has 1 aliphatic rings. The molecule has 1 unspecified atom stereocenters. The first kappa shape index (κ1) is 21.1. The lowest BCUT2D eigenvalue weighted by atomic mass is 10.1. The van der Waals surface area contributed by atoms with E-state index in [9.17, 15) is 4.79 Å². The van der Waals surface area contributed by atoms with Gasteiger partial charge in [0, 0.05) is 24.2 Å². The van der Waals surface area contributed by atoms with Crippen molar-refractivity contribution >= 4 is 52.8 Å². The zero-order valence-corrected chi connectivity index (χ0v) is 17.1. The van der Waals surface area contributed by atoms with Crippen molar-refractivity contribution in [1.29, 1.82) is 5.26 Å². The SMILES string of the molecule is CN(Cc1ccc(Cl)c(Oc2cc(Cl)cc(C#N)c2)c1F)C(=O)C1=NC=NC1Cl. The zero-order chi connectivity index (χ0) is 21.1. The lowest BCUT2D eigenvalue weighted by Crippen LogP contribution is -2.36. The van der Waals surface area contributed by atoms with E-state index in [0.29, 0.717) is 0 Å². The highest BCUT2D eigenvalue weighted by Crippen LogP contribution is 2.35. The second kappa shape index (κ2) is 8.78. The number of nitriles is 1. The smallest absolute Gasteiger partial charge is 0.271 e. The number of hydrogen-bond acceptors (Lipinski definition) is 5. The number of aliphatic imine (C=N–C) groups is 2. The van der Waals surface area contributed by atoms with E-state index in [1.165, 1.54) is 48.6 Å². The van der Waals surface area contributed by atoms with Crippen LogP contribution in [0.5, 0.6) is 11.5 Å². The highest BCUT2D eigenvalue weighted by atomic mass is 35.5. The Balaban J connectivity index is 1.85. The lowest BCUT2D eigenvalue weighted by molar-refractivity contribution is -0.123. The molecular weight excluding hydrogens is 442 g/mol. The number of nitrogens with zero attached hydrogens (tertiary/aromatic N) is 4. The maximum atomic E-state index is 15.1. The molecule has 10 heteroatoms. The number of ether oxygens (including phenoxy) is 1. The van der Waals surface area contributed by atoms with Crippen LogP contribution < -0.4 is 4.74 Å². The van der Waals surface area contributed by atoms with E-state index < -0.39 is 17.2 Å². The molecule has 0 saturated carbocycles. The van der Waals surface area contributed by atoms with Crippen LogP contribution in [0.25, 0.3) is 0 Å². The number of rotatable bonds is 5. The first-order valence-electron chi connectivity index (χ1n) is 8.14. The monoisotopic (exact) mass is 452 g/mol. The van der Waals surface area contributed by atoms with Crippen LogP contribution in [0.3, 0.4) is 0 Å². The van der Waals surface area contributed by atoms with Crippen molar-refractivity contribution in [2.24, 2.45) is 9.98 Å². The fraction of sp³-hybridized carbons (Fsp3) is 0.158. The second-order valence-electron chi connectivity index (χ2n) is 6.01. The van der Waals surface area contributed by atoms with Crippen LogP contribution in [-0.4, -0.2) is 35.4 Å². The molecule has 1 atom stereocenters. The molecule has 0 bridgehead atoms. The van der Waals surface area contributed by atoms with Gasteiger partial charge >= 0.3 is 0 Å². The van der Waals surface area contributed by atoms with Gasteiger partial charge in [-0.3, -0.25) is 4.79 Å². The van der Waals surface area contributed by atoms with Crippen LogP contribution in [0.1, 0.15) is 11.1 Å². The summed E-state index contributed by atoms with van der Waals surface area (Å²) in [5, 5.41) is 9.31. The summed E-state index contributed by atoms with van der Waals surface area (Å²) in [4.78, 5) is 21.3. The van der Waals surface area contributed by atoms with Gasteiger partial charge < -0.3 is 9.64 Å². The molecule has 29 heavy (non-hydrogen) atoms. The minimum absolute atomic E-state index is 0.0214. The molecule has 1 aliphatic heterocycles. The van der Waals surface area contributed by atoms with Crippen LogP contribution >= 0.6 is 34.8 Å². The third kappa shape index (κ3) is 4.67. The van der Waals surface area contributed by atoms with E-state index in [-0.39, 0.29) is 44.9 Å². The van der Waals surface area contributed by atoms with E-state index in [1.54, 1.807) is 0 Å². The van der Waals surface area contributed by atoms with Crippen molar-refractivity contribution in [3.8, 4) is 17.6 Å². The summed E-state index contributed by atoms with van der Waals surface area (Å²) in [6, 6.07) is 9.11. The van der Waals surface area contributed by atoms with E-state index >= 15 is 4.39 Å². The molecule has 6 nitrogen and oxygen atoms in total. The molecule has 0 N–H and O–H groups in total. The molecule has 0 aliphatic carbocycles. The number of carbonyl (C=O) groups excluding carboxylic acids is 1. The lowest BCUT2D eigenvalue weighted by Gasteiger charge is -2.19. The van der Waals surface area contributed by atoms with E-state index in [4.69, 9.17) is 44.8 Å². The van der Waals surface area contributed by atoms with Gasteiger partial charge in [-0.2, -0.15) is 5.26 Å². The number of alkyl halides is 1. The second-order valence-corrected chi connectivity index (χ2v) is 7.27. The van der Waals surface area contributed by atoms with Crippen molar-refractivity contribution in [3.05, 3.63) is 57.3 Å². The van der Waals surface area contributed by atoms with Gasteiger partial charge in [0.25, 0.3) is 5.91 Å². The molecule has 2 aromatic carbocycles. The highest BCUT2D eigenvalue weighted by molar-refractivity contribution is 6.52. The molecule has 0 fully saturated rings. The van der Waals surface area contributed by atoms with Crippen molar-refractivity contribution < 1.29 is 13.9 Å². The Kier molecular flexibility index (Phi) is 6.38. The molecule has 0 saturated heterocycles. The molecule has 0 spiro atoms. The molecule has 0 radical (unpaired) electrons. The minimum Gasteiger partial charge on any atom is -0.453 e. The summed E-state index contributed by atoms with van der Waals surface area (Å²) in [6.45, 7) is -0.0835. The first-order valence-corrected chi connectivity index (χ1v) is 9.33. The molecular formula is C19H12Cl3FN4O2. The van der Waals surface area contributed by atoms with Gasteiger partial charge in [-0.15, -0.1) is 0 Å². The van der Waals surface area contributed by atoms with E-state index in [1.807, 2.05) is 6.07 Å². The van der Waals surface area contributed by atoms with Gasteiger partial charge in [-0.25, -0.2) is 14.4 Å². The predicted octanol–water partition coefficient (Wildman–Crippen LogP) is 4.80. The number of amides is 1. The van der Waals surface area contributed by atoms with Gasteiger partial charge in [-0.1, -0.05) is 40.9 Å². The summed E-state index contributed by atoms with van der Waals surface area (Å²) in [7, 11) is 1.48. The maximum absolute atomic E-state index is 15.1. The molecule has 3 rings (SSSR count). The Morgan fingerprint density at radius 2 is 2.10 bits per heavy atom. The summed E-state index contributed by atoms with van der Waals surface area (Å²) in [5.74, 6) is -1.32. The highest BCUT2D eigenvalue weighted by Gasteiger charge is 2.27. The van der Waals surface area contributed by atoms with Crippen LogP contribution in [-0.2, 0) is 11.3 Å². The summed E-state index contributed by atoms with van der Waals surface area (Å²) >= 11 is 17.9. The van der Waals surface area contributed by atoms with Crippen molar-refractivity contribution in [2.75, 3.05) is 7.05 Å². The predicted molar refractivity (Wildman–Crippen MR) is 110 cm³/mol. The number of halogens is 4. The Morgan fingerprint density at radius 3 is 2.76 bits per heavy atom. The fourth-order valence-electron chi connectivity index (χ4n) is 2.56. The van der Waals surface area contributed by atoms with Gasteiger partial charge in [0.2, 0.25) is 0 Å². The summed E-state index contributed by atoms with van der Waals surface area (Å²) in [6.07, 6.45) is 1.20. The first-order chi connectivity index (χ1) is 13.8. The number of hydrogen-bond donors (Lipinski definition) is 0. The van der Waals surface area contributed by atoms with Crippen LogP contribution in [0.4, 0.5) is 4.39 Å². The van der Waals surface area contributed by atoms with Crippen LogP contribution in [0, 0.1) is 17.1 Å². The number of carbonyl (C=O) groups is 1. The molecule has 2 aromatic rings. The van der Waals surface area contributed by atoms with Crippen molar-refractivity contribution in [3.63, 3.8) is 0 Å². The topological polar surface area (TPSA) is 78.0 Å². The molecule has 1 amide bonds. The largest absolute Gasteiger partial charge is 0.453 e.